The number of aliphatic hydroxyl groups is 1. The lowest BCUT2D eigenvalue weighted by Crippen LogP contribution is -2.42. The fraction of sp³-hybridized carbons (Fsp3) is 0.500. The molecule has 0 spiro atoms. The number of carboxylic acid groups (broad SMARTS) is 1. The van der Waals surface area contributed by atoms with Crippen LogP contribution in [0.2, 0.25) is 0 Å². The molecule has 0 aliphatic rings. The van der Waals surface area contributed by atoms with Gasteiger partial charge < -0.3 is 20.3 Å². The highest BCUT2D eigenvalue weighted by Crippen LogP contribution is 2.27. The lowest BCUT2D eigenvalue weighted by Gasteiger charge is -2.32. The third-order valence-corrected chi connectivity index (χ3v) is 3.65. The van der Waals surface area contributed by atoms with Crippen molar-refractivity contribution in [3.05, 3.63) is 29.8 Å². The topological polar surface area (TPSA) is 89.5 Å². The molecule has 0 aliphatic carbocycles. The van der Waals surface area contributed by atoms with E-state index in [2.05, 4.69) is 5.32 Å². The number of aliphatic carboxylic acids is 1. The second-order valence-corrected chi connectivity index (χ2v) is 5.69. The summed E-state index contributed by atoms with van der Waals surface area (Å²) in [5, 5.41) is 23.9. The van der Waals surface area contributed by atoms with Crippen molar-refractivity contribution in [3.63, 3.8) is 0 Å². The maximum Gasteiger partial charge on any atom is 0.221 e. The van der Waals surface area contributed by atoms with Crippen molar-refractivity contribution >= 4 is 17.6 Å². The van der Waals surface area contributed by atoms with Crippen molar-refractivity contribution < 1.29 is 19.8 Å². The Bertz CT molecular complexity index is 496. The van der Waals surface area contributed by atoms with E-state index in [1.165, 1.54) is 6.92 Å². The summed E-state index contributed by atoms with van der Waals surface area (Å²) < 4.78 is 0. The van der Waals surface area contributed by atoms with E-state index in [-0.39, 0.29) is 18.2 Å². The monoisotopic (exact) mass is 292 g/mol. The first-order chi connectivity index (χ1) is 9.73. The van der Waals surface area contributed by atoms with Gasteiger partial charge in [0.2, 0.25) is 5.91 Å². The number of amides is 1. The van der Waals surface area contributed by atoms with Gasteiger partial charge in [0.05, 0.1) is 5.60 Å². The average Bonchev–Trinajstić information content (AvgIpc) is 2.36. The zero-order chi connectivity index (χ0) is 16.0. The van der Waals surface area contributed by atoms with Crippen LogP contribution >= 0.6 is 0 Å². The van der Waals surface area contributed by atoms with Gasteiger partial charge in [-0.15, -0.1) is 0 Å². The van der Waals surface area contributed by atoms with E-state index in [1.807, 2.05) is 12.1 Å². The number of carboxylic acids is 1. The van der Waals surface area contributed by atoms with Gasteiger partial charge in [0.25, 0.3) is 0 Å². The zero-order valence-corrected chi connectivity index (χ0v) is 12.7. The van der Waals surface area contributed by atoms with Gasteiger partial charge in [-0.05, 0) is 36.5 Å². The number of rotatable bonds is 7. The molecule has 0 heterocycles. The number of aryl methyl sites for hydroxylation is 1. The molecule has 116 valence electrons. The van der Waals surface area contributed by atoms with Gasteiger partial charge in [-0.1, -0.05) is 26.0 Å². The quantitative estimate of drug-likeness (QED) is 0.787. The molecule has 1 atom stereocenters. The highest BCUT2D eigenvalue weighted by Gasteiger charge is 2.30. The average molecular weight is 292 g/mol. The van der Waals surface area contributed by atoms with Crippen LogP contribution in [0.1, 0.15) is 39.2 Å². The molecule has 0 saturated carbocycles. The molecule has 0 aromatic heterocycles. The second-order valence-electron chi connectivity index (χ2n) is 5.69. The highest BCUT2D eigenvalue weighted by molar-refractivity contribution is 5.88. The largest absolute Gasteiger partial charge is 0.550 e. The number of carbonyl (C=O) groups excluding carboxylic acids is 2. The first-order valence-electron chi connectivity index (χ1n) is 7.01. The van der Waals surface area contributed by atoms with E-state index in [9.17, 15) is 19.8 Å². The Labute approximate surface area is 125 Å². The van der Waals surface area contributed by atoms with Crippen LogP contribution in [0.3, 0.4) is 0 Å². The van der Waals surface area contributed by atoms with Crippen molar-refractivity contribution in [1.29, 1.82) is 0 Å². The number of carbonyl (C=O) groups is 2. The fourth-order valence-electron chi connectivity index (χ4n) is 2.15. The summed E-state index contributed by atoms with van der Waals surface area (Å²) in [4.78, 5) is 21.7. The van der Waals surface area contributed by atoms with E-state index in [0.29, 0.717) is 18.5 Å². The maximum atomic E-state index is 10.9. The van der Waals surface area contributed by atoms with Crippen LogP contribution in [0, 0.1) is 5.92 Å². The number of anilines is 1. The standard InChI is InChI=1S/C16H23NO4/c1-11(2)16(21,10-15(19)20)9-8-13-4-6-14(7-5-13)17-12(3)18/h4-7,11,21H,8-10H2,1-3H3,(H,17,18)(H,19,20)/p-1/t16-/m0/s1. The third kappa shape index (κ3) is 5.55. The summed E-state index contributed by atoms with van der Waals surface area (Å²) in [5.41, 5.74) is 0.413. The molecule has 2 N–H and O–H groups in total. The molecule has 1 aromatic rings. The van der Waals surface area contributed by atoms with Crippen molar-refractivity contribution in [2.45, 2.75) is 45.6 Å². The number of hydrogen-bond donors (Lipinski definition) is 2. The van der Waals surface area contributed by atoms with E-state index in [4.69, 9.17) is 0 Å². The summed E-state index contributed by atoms with van der Waals surface area (Å²) in [5.74, 6) is -1.55. The van der Waals surface area contributed by atoms with Gasteiger partial charge in [-0.2, -0.15) is 0 Å². The molecular formula is C16H22NO4-. The van der Waals surface area contributed by atoms with Gasteiger partial charge in [-0.3, -0.25) is 4.79 Å². The Balaban J connectivity index is 2.68. The Hall–Kier alpha value is -1.88. The van der Waals surface area contributed by atoms with Gasteiger partial charge in [0, 0.05) is 25.0 Å². The van der Waals surface area contributed by atoms with E-state index >= 15 is 0 Å². The van der Waals surface area contributed by atoms with Crippen molar-refractivity contribution in [1.82, 2.24) is 0 Å². The molecule has 1 rings (SSSR count). The van der Waals surface area contributed by atoms with Crippen LogP contribution in [0.4, 0.5) is 5.69 Å². The van der Waals surface area contributed by atoms with Crippen LogP contribution in [-0.4, -0.2) is 22.6 Å². The molecule has 1 amide bonds. The molecule has 0 radical (unpaired) electrons. The number of hydrogen-bond acceptors (Lipinski definition) is 4. The van der Waals surface area contributed by atoms with Crippen LogP contribution in [0.5, 0.6) is 0 Å². The van der Waals surface area contributed by atoms with Crippen LogP contribution < -0.4 is 10.4 Å². The maximum absolute atomic E-state index is 10.9. The third-order valence-electron chi connectivity index (χ3n) is 3.65. The lowest BCUT2D eigenvalue weighted by molar-refractivity contribution is -0.310. The first-order valence-corrected chi connectivity index (χ1v) is 7.01. The smallest absolute Gasteiger partial charge is 0.221 e. The minimum atomic E-state index is -1.27. The molecule has 0 unspecified atom stereocenters. The van der Waals surface area contributed by atoms with Crippen LogP contribution in [0.25, 0.3) is 0 Å². The van der Waals surface area contributed by atoms with Gasteiger partial charge in [0.15, 0.2) is 0 Å². The highest BCUT2D eigenvalue weighted by atomic mass is 16.4. The van der Waals surface area contributed by atoms with Crippen molar-refractivity contribution in [2.75, 3.05) is 5.32 Å². The molecule has 21 heavy (non-hydrogen) atoms. The molecule has 0 bridgehead atoms. The molecule has 5 heteroatoms. The minimum absolute atomic E-state index is 0.133. The lowest BCUT2D eigenvalue weighted by atomic mass is 9.82. The van der Waals surface area contributed by atoms with Gasteiger partial charge >= 0.3 is 0 Å². The summed E-state index contributed by atoms with van der Waals surface area (Å²) in [6.07, 6.45) is 0.537. The summed E-state index contributed by atoms with van der Waals surface area (Å²) >= 11 is 0. The van der Waals surface area contributed by atoms with E-state index in [0.717, 1.165) is 5.56 Å². The molecule has 0 saturated heterocycles. The fourth-order valence-corrected chi connectivity index (χ4v) is 2.15. The predicted molar refractivity (Wildman–Crippen MR) is 78.5 cm³/mol. The summed E-state index contributed by atoms with van der Waals surface area (Å²) in [6, 6.07) is 7.27. The first kappa shape index (κ1) is 17.2. The molecule has 5 nitrogen and oxygen atoms in total. The normalized spacial score (nSPS) is 13.8. The Morgan fingerprint density at radius 2 is 1.86 bits per heavy atom. The summed E-state index contributed by atoms with van der Waals surface area (Å²) in [6.45, 7) is 5.03. The second kappa shape index (κ2) is 7.22. The Morgan fingerprint density at radius 3 is 2.29 bits per heavy atom. The van der Waals surface area contributed by atoms with Crippen molar-refractivity contribution in [3.8, 4) is 0 Å². The van der Waals surface area contributed by atoms with Gasteiger partial charge in [-0.25, -0.2) is 0 Å². The SMILES string of the molecule is CC(=O)Nc1ccc(CC[C@](O)(CC(=O)[O-])C(C)C)cc1. The van der Waals surface area contributed by atoms with Crippen LogP contribution in [-0.2, 0) is 16.0 Å². The summed E-state index contributed by atoms with van der Waals surface area (Å²) in [7, 11) is 0. The van der Waals surface area contributed by atoms with E-state index in [1.54, 1.807) is 26.0 Å². The van der Waals surface area contributed by atoms with E-state index < -0.39 is 11.6 Å². The Morgan fingerprint density at radius 1 is 1.29 bits per heavy atom. The predicted octanol–water partition coefficient (Wildman–Crippen LogP) is 1.10. The van der Waals surface area contributed by atoms with Gasteiger partial charge in [0.1, 0.15) is 0 Å². The number of nitrogens with one attached hydrogen (secondary N) is 1. The molecular weight excluding hydrogens is 270 g/mol. The molecule has 0 aliphatic heterocycles. The van der Waals surface area contributed by atoms with Crippen LogP contribution in [0.15, 0.2) is 24.3 Å². The Kier molecular flexibility index (Phi) is 5.90. The zero-order valence-electron chi connectivity index (χ0n) is 12.7. The van der Waals surface area contributed by atoms with Crippen molar-refractivity contribution in [2.24, 2.45) is 5.92 Å². The number of benzene rings is 1. The molecule has 1 aromatic carbocycles. The molecule has 0 fully saturated rings. The minimum Gasteiger partial charge on any atom is -0.550 e.